The SMILES string of the molecule is C=C1CC(C)(C)Cc2cc(-c3c[nH]c4nc(NC)ncc34)ccc21. The van der Waals surface area contributed by atoms with Crippen LogP contribution in [0, 0.1) is 5.41 Å². The quantitative estimate of drug-likeness (QED) is 0.723. The number of nitrogens with one attached hydrogen (secondary N) is 2. The van der Waals surface area contributed by atoms with Crippen LogP contribution in [0.15, 0.2) is 37.2 Å². The summed E-state index contributed by atoms with van der Waals surface area (Å²) in [5.41, 5.74) is 7.41. The van der Waals surface area contributed by atoms with Crippen molar-refractivity contribution in [3.63, 3.8) is 0 Å². The molecule has 0 fully saturated rings. The van der Waals surface area contributed by atoms with E-state index in [-0.39, 0.29) is 5.41 Å². The number of hydrogen-bond acceptors (Lipinski definition) is 3. The standard InChI is InChI=1S/C20H22N4/c1-12-8-20(2,3)9-14-7-13(5-6-15(12)14)16-10-22-18-17(16)11-23-19(21-4)24-18/h5-7,10-11H,1,8-9H2,2-4H3,(H2,21,22,23,24). The van der Waals surface area contributed by atoms with E-state index in [9.17, 15) is 0 Å². The number of hydrogen-bond donors (Lipinski definition) is 2. The molecule has 122 valence electrons. The molecular formula is C20H22N4. The van der Waals surface area contributed by atoms with Crippen LogP contribution in [0.25, 0.3) is 27.7 Å². The Morgan fingerprint density at radius 1 is 1.21 bits per heavy atom. The van der Waals surface area contributed by atoms with Crippen LogP contribution in [0.2, 0.25) is 0 Å². The molecule has 24 heavy (non-hydrogen) atoms. The Labute approximate surface area is 142 Å². The van der Waals surface area contributed by atoms with Crippen molar-refractivity contribution in [2.24, 2.45) is 5.41 Å². The van der Waals surface area contributed by atoms with Gasteiger partial charge in [-0.3, -0.25) is 0 Å². The number of anilines is 1. The summed E-state index contributed by atoms with van der Waals surface area (Å²) in [6, 6.07) is 6.69. The van der Waals surface area contributed by atoms with E-state index in [2.05, 4.69) is 58.9 Å². The molecule has 1 aliphatic rings. The van der Waals surface area contributed by atoms with Gasteiger partial charge in [0, 0.05) is 30.4 Å². The van der Waals surface area contributed by atoms with Crippen molar-refractivity contribution >= 4 is 22.6 Å². The molecule has 0 atom stereocenters. The molecule has 2 heterocycles. The average molecular weight is 318 g/mol. The summed E-state index contributed by atoms with van der Waals surface area (Å²) in [4.78, 5) is 12.1. The zero-order valence-corrected chi connectivity index (χ0v) is 14.4. The van der Waals surface area contributed by atoms with Gasteiger partial charge in [0.1, 0.15) is 5.65 Å². The molecule has 0 saturated carbocycles. The normalized spacial score (nSPS) is 16.2. The number of fused-ring (bicyclic) bond motifs is 2. The maximum absolute atomic E-state index is 4.47. The van der Waals surface area contributed by atoms with Crippen LogP contribution < -0.4 is 5.32 Å². The molecule has 4 heteroatoms. The molecule has 2 aromatic heterocycles. The van der Waals surface area contributed by atoms with E-state index in [1.165, 1.54) is 22.3 Å². The fraction of sp³-hybridized carbons (Fsp3) is 0.300. The van der Waals surface area contributed by atoms with E-state index < -0.39 is 0 Å². The van der Waals surface area contributed by atoms with Gasteiger partial charge in [-0.2, -0.15) is 4.98 Å². The van der Waals surface area contributed by atoms with Crippen molar-refractivity contribution in [3.8, 4) is 11.1 Å². The van der Waals surface area contributed by atoms with Crippen LogP contribution in [-0.2, 0) is 6.42 Å². The van der Waals surface area contributed by atoms with Crippen LogP contribution in [0.3, 0.4) is 0 Å². The van der Waals surface area contributed by atoms with Gasteiger partial charge < -0.3 is 10.3 Å². The first-order valence-electron chi connectivity index (χ1n) is 8.30. The first kappa shape index (κ1) is 14.9. The van der Waals surface area contributed by atoms with Crippen molar-refractivity contribution in [1.29, 1.82) is 0 Å². The van der Waals surface area contributed by atoms with Gasteiger partial charge in [-0.25, -0.2) is 4.98 Å². The molecule has 0 spiro atoms. The number of nitrogens with zero attached hydrogens (tertiary/aromatic N) is 2. The summed E-state index contributed by atoms with van der Waals surface area (Å²) in [7, 11) is 1.82. The van der Waals surface area contributed by atoms with Crippen LogP contribution in [0.1, 0.15) is 31.4 Å². The van der Waals surface area contributed by atoms with E-state index in [1.54, 1.807) is 0 Å². The van der Waals surface area contributed by atoms with Crippen molar-refractivity contribution in [3.05, 3.63) is 48.3 Å². The van der Waals surface area contributed by atoms with Gasteiger partial charge in [0.05, 0.1) is 0 Å². The Hall–Kier alpha value is -2.62. The third kappa shape index (κ3) is 2.39. The number of allylic oxidation sites excluding steroid dienone is 1. The largest absolute Gasteiger partial charge is 0.357 e. The van der Waals surface area contributed by atoms with Crippen LogP contribution in [0.4, 0.5) is 5.95 Å². The van der Waals surface area contributed by atoms with E-state index in [1.807, 2.05) is 19.4 Å². The minimum Gasteiger partial charge on any atom is -0.357 e. The summed E-state index contributed by atoms with van der Waals surface area (Å²) >= 11 is 0. The molecule has 0 unspecified atom stereocenters. The Morgan fingerprint density at radius 2 is 2.04 bits per heavy atom. The molecule has 0 amide bonds. The van der Waals surface area contributed by atoms with Gasteiger partial charge in [-0.05, 0) is 40.5 Å². The second-order valence-electron chi connectivity index (χ2n) is 7.40. The van der Waals surface area contributed by atoms with E-state index in [4.69, 9.17) is 0 Å². The highest BCUT2D eigenvalue weighted by atomic mass is 15.1. The van der Waals surface area contributed by atoms with E-state index in [0.717, 1.165) is 29.4 Å². The first-order chi connectivity index (χ1) is 11.5. The average Bonchev–Trinajstić information content (AvgIpc) is 2.96. The monoisotopic (exact) mass is 318 g/mol. The number of aromatic amines is 1. The predicted molar refractivity (Wildman–Crippen MR) is 100 cm³/mol. The van der Waals surface area contributed by atoms with Crippen LogP contribution in [0.5, 0.6) is 0 Å². The van der Waals surface area contributed by atoms with Crippen LogP contribution >= 0.6 is 0 Å². The Morgan fingerprint density at radius 3 is 2.83 bits per heavy atom. The summed E-state index contributed by atoms with van der Waals surface area (Å²) in [5.74, 6) is 0.624. The van der Waals surface area contributed by atoms with Gasteiger partial charge in [-0.15, -0.1) is 0 Å². The van der Waals surface area contributed by atoms with Gasteiger partial charge in [-0.1, -0.05) is 38.6 Å². The van der Waals surface area contributed by atoms with Crippen molar-refractivity contribution in [1.82, 2.24) is 15.0 Å². The minimum absolute atomic E-state index is 0.272. The molecule has 4 rings (SSSR count). The molecular weight excluding hydrogens is 296 g/mol. The highest BCUT2D eigenvalue weighted by Gasteiger charge is 2.27. The Bertz CT molecular complexity index is 949. The van der Waals surface area contributed by atoms with Crippen molar-refractivity contribution < 1.29 is 0 Å². The lowest BCUT2D eigenvalue weighted by Gasteiger charge is -2.33. The maximum Gasteiger partial charge on any atom is 0.224 e. The fourth-order valence-corrected chi connectivity index (χ4v) is 3.77. The second-order valence-corrected chi connectivity index (χ2v) is 7.40. The zero-order chi connectivity index (χ0) is 16.9. The predicted octanol–water partition coefficient (Wildman–Crippen LogP) is 4.65. The number of rotatable bonds is 2. The summed E-state index contributed by atoms with van der Waals surface area (Å²) in [6.07, 6.45) is 6.04. The first-order valence-corrected chi connectivity index (χ1v) is 8.30. The smallest absolute Gasteiger partial charge is 0.224 e. The Kier molecular flexibility index (Phi) is 3.23. The van der Waals surface area contributed by atoms with E-state index in [0.29, 0.717) is 5.95 Å². The zero-order valence-electron chi connectivity index (χ0n) is 14.4. The fourth-order valence-electron chi connectivity index (χ4n) is 3.77. The third-order valence-corrected chi connectivity index (χ3v) is 4.81. The molecule has 3 aromatic rings. The lowest BCUT2D eigenvalue weighted by molar-refractivity contribution is 0.365. The minimum atomic E-state index is 0.272. The van der Waals surface area contributed by atoms with Crippen LogP contribution in [-0.4, -0.2) is 22.0 Å². The third-order valence-electron chi connectivity index (χ3n) is 4.81. The summed E-state index contributed by atoms with van der Waals surface area (Å²) in [6.45, 7) is 8.90. The summed E-state index contributed by atoms with van der Waals surface area (Å²) < 4.78 is 0. The molecule has 0 bridgehead atoms. The molecule has 4 nitrogen and oxygen atoms in total. The number of aromatic nitrogens is 3. The van der Waals surface area contributed by atoms with Gasteiger partial charge in [0.15, 0.2) is 0 Å². The number of H-pyrrole nitrogens is 1. The van der Waals surface area contributed by atoms with E-state index >= 15 is 0 Å². The second kappa shape index (κ2) is 5.20. The molecule has 1 aromatic carbocycles. The molecule has 0 aliphatic heterocycles. The Balaban J connectivity index is 1.82. The molecule has 0 saturated heterocycles. The van der Waals surface area contributed by atoms with Crippen molar-refractivity contribution in [2.75, 3.05) is 12.4 Å². The number of benzene rings is 1. The van der Waals surface area contributed by atoms with Gasteiger partial charge in [0.25, 0.3) is 0 Å². The topological polar surface area (TPSA) is 53.6 Å². The molecule has 1 aliphatic carbocycles. The highest BCUT2D eigenvalue weighted by molar-refractivity contribution is 5.94. The molecule has 0 radical (unpaired) electrons. The van der Waals surface area contributed by atoms with Crippen molar-refractivity contribution in [2.45, 2.75) is 26.7 Å². The lowest BCUT2D eigenvalue weighted by Crippen LogP contribution is -2.21. The molecule has 2 N–H and O–H groups in total. The highest BCUT2D eigenvalue weighted by Crippen LogP contribution is 2.42. The lowest BCUT2D eigenvalue weighted by atomic mass is 9.72. The maximum atomic E-state index is 4.47. The van der Waals surface area contributed by atoms with Gasteiger partial charge in [0.2, 0.25) is 5.95 Å². The van der Waals surface area contributed by atoms with Gasteiger partial charge >= 0.3 is 0 Å². The summed E-state index contributed by atoms with van der Waals surface area (Å²) in [5, 5.41) is 4.02.